The van der Waals surface area contributed by atoms with Crippen LogP contribution in [0.3, 0.4) is 0 Å². The molecule has 0 radical (unpaired) electrons. The summed E-state index contributed by atoms with van der Waals surface area (Å²) in [5.41, 5.74) is 1.43. The number of hydrogen-bond acceptors (Lipinski definition) is 5. The van der Waals surface area contributed by atoms with Crippen LogP contribution in [0.2, 0.25) is 0 Å². The van der Waals surface area contributed by atoms with Gasteiger partial charge in [0.2, 0.25) is 11.8 Å². The summed E-state index contributed by atoms with van der Waals surface area (Å²) in [5, 5.41) is 2.44. The Kier molecular flexibility index (Phi) is 5.34. The molecule has 2 rings (SSSR count). The lowest BCUT2D eigenvalue weighted by Gasteiger charge is -2.08. The molecule has 0 saturated heterocycles. The zero-order valence-electron chi connectivity index (χ0n) is 11.4. The Balaban J connectivity index is 1.96. The first-order chi connectivity index (χ1) is 10.2. The molecule has 0 aliphatic carbocycles. The van der Waals surface area contributed by atoms with Gasteiger partial charge in [-0.2, -0.15) is 4.98 Å². The molecule has 0 spiro atoms. The van der Waals surface area contributed by atoms with Gasteiger partial charge in [-0.05, 0) is 5.56 Å². The second-order valence-corrected chi connectivity index (χ2v) is 4.31. The number of alkyl halides is 1. The number of methoxy groups -OCH3 is 1. The zero-order chi connectivity index (χ0) is 15.1. The summed E-state index contributed by atoms with van der Waals surface area (Å²) in [6.45, 7) is 0.166. The van der Waals surface area contributed by atoms with Gasteiger partial charge < -0.3 is 9.47 Å². The van der Waals surface area contributed by atoms with Crippen LogP contribution in [-0.2, 0) is 17.2 Å². The number of aromatic nitrogens is 2. The molecule has 1 aromatic heterocycles. The molecule has 1 amide bonds. The molecule has 1 N–H and O–H groups in total. The van der Waals surface area contributed by atoms with Crippen molar-refractivity contribution >= 4 is 23.6 Å². The summed E-state index contributed by atoms with van der Waals surface area (Å²) in [5.74, 6) is 0.592. The van der Waals surface area contributed by atoms with Crippen LogP contribution in [0, 0.1) is 0 Å². The van der Waals surface area contributed by atoms with E-state index in [2.05, 4.69) is 15.3 Å². The molecule has 7 heteroatoms. The van der Waals surface area contributed by atoms with E-state index in [1.54, 1.807) is 6.07 Å². The lowest BCUT2D eigenvalue weighted by Crippen LogP contribution is -2.16. The Morgan fingerprint density at radius 1 is 1.29 bits per heavy atom. The number of ether oxygens (including phenoxy) is 2. The van der Waals surface area contributed by atoms with Crippen molar-refractivity contribution in [1.82, 2.24) is 9.97 Å². The summed E-state index contributed by atoms with van der Waals surface area (Å²) in [6.07, 6.45) is -0.646. The highest BCUT2D eigenvalue weighted by atomic mass is 35.5. The standard InChI is InChI=1S/C14H14ClN3O3/c1-20-12-7-11(8-15)16-13(17-12)18-14(19)21-9-10-5-3-2-4-6-10/h2-7H,8-9H2,1H3,(H,16,17,18,19). The van der Waals surface area contributed by atoms with Gasteiger partial charge in [-0.3, -0.25) is 5.32 Å². The molecule has 110 valence electrons. The van der Waals surface area contributed by atoms with Crippen molar-refractivity contribution < 1.29 is 14.3 Å². The molecule has 0 aliphatic heterocycles. The van der Waals surface area contributed by atoms with Gasteiger partial charge in [0.25, 0.3) is 0 Å². The van der Waals surface area contributed by atoms with Crippen molar-refractivity contribution in [2.45, 2.75) is 12.5 Å². The smallest absolute Gasteiger partial charge is 0.414 e. The summed E-state index contributed by atoms with van der Waals surface area (Å²) in [7, 11) is 1.47. The molecule has 0 unspecified atom stereocenters. The van der Waals surface area contributed by atoms with E-state index in [1.165, 1.54) is 7.11 Å². The van der Waals surface area contributed by atoms with Crippen molar-refractivity contribution in [2.24, 2.45) is 0 Å². The van der Waals surface area contributed by atoms with Crippen LogP contribution in [0.25, 0.3) is 0 Å². The fourth-order valence-electron chi connectivity index (χ4n) is 1.55. The van der Waals surface area contributed by atoms with Crippen LogP contribution in [-0.4, -0.2) is 23.2 Å². The monoisotopic (exact) mass is 307 g/mol. The van der Waals surface area contributed by atoms with Gasteiger partial charge in [0, 0.05) is 6.07 Å². The number of rotatable bonds is 5. The quantitative estimate of drug-likeness (QED) is 0.860. The second kappa shape index (κ2) is 7.44. The van der Waals surface area contributed by atoms with Crippen molar-refractivity contribution in [3.8, 4) is 5.88 Å². The van der Waals surface area contributed by atoms with E-state index in [0.29, 0.717) is 11.6 Å². The van der Waals surface area contributed by atoms with Gasteiger partial charge in [0.1, 0.15) is 6.61 Å². The predicted molar refractivity (Wildman–Crippen MR) is 78.4 cm³/mol. The SMILES string of the molecule is COc1cc(CCl)nc(NC(=O)OCc2ccccc2)n1. The van der Waals surface area contributed by atoms with Crippen LogP contribution in [0.5, 0.6) is 5.88 Å². The van der Waals surface area contributed by atoms with Gasteiger partial charge >= 0.3 is 6.09 Å². The molecule has 0 atom stereocenters. The van der Waals surface area contributed by atoms with Crippen LogP contribution in [0.1, 0.15) is 11.3 Å². The third-order valence-electron chi connectivity index (χ3n) is 2.53. The third kappa shape index (κ3) is 4.61. The first-order valence-corrected chi connectivity index (χ1v) is 6.70. The molecule has 0 aliphatic rings. The first-order valence-electron chi connectivity index (χ1n) is 6.17. The molecule has 1 heterocycles. The Morgan fingerprint density at radius 2 is 2.05 bits per heavy atom. The highest BCUT2D eigenvalue weighted by Crippen LogP contribution is 2.14. The van der Waals surface area contributed by atoms with Crippen LogP contribution in [0.4, 0.5) is 10.7 Å². The van der Waals surface area contributed by atoms with E-state index in [4.69, 9.17) is 21.1 Å². The normalized spacial score (nSPS) is 10.0. The number of amides is 1. The van der Waals surface area contributed by atoms with Crippen LogP contribution < -0.4 is 10.1 Å². The number of halogens is 1. The summed E-state index contributed by atoms with van der Waals surface area (Å²) in [6, 6.07) is 10.9. The summed E-state index contributed by atoms with van der Waals surface area (Å²) < 4.78 is 10.1. The van der Waals surface area contributed by atoms with Crippen molar-refractivity contribution in [1.29, 1.82) is 0 Å². The number of anilines is 1. The number of nitrogens with zero attached hydrogens (tertiary/aromatic N) is 2. The lowest BCUT2D eigenvalue weighted by molar-refractivity contribution is 0.155. The van der Waals surface area contributed by atoms with Gasteiger partial charge in [-0.25, -0.2) is 9.78 Å². The average molecular weight is 308 g/mol. The summed E-state index contributed by atoms with van der Waals surface area (Å²) in [4.78, 5) is 19.7. The molecule has 0 bridgehead atoms. The van der Waals surface area contributed by atoms with E-state index in [9.17, 15) is 4.79 Å². The number of hydrogen-bond donors (Lipinski definition) is 1. The van der Waals surface area contributed by atoms with Gasteiger partial charge in [0.15, 0.2) is 0 Å². The number of benzene rings is 1. The molecule has 2 aromatic rings. The largest absolute Gasteiger partial charge is 0.481 e. The maximum absolute atomic E-state index is 11.7. The van der Waals surface area contributed by atoms with E-state index in [-0.39, 0.29) is 18.4 Å². The van der Waals surface area contributed by atoms with Crippen LogP contribution in [0.15, 0.2) is 36.4 Å². The Morgan fingerprint density at radius 3 is 2.71 bits per heavy atom. The number of carbonyl (C=O) groups is 1. The molecular formula is C14H14ClN3O3. The minimum Gasteiger partial charge on any atom is -0.481 e. The number of carbonyl (C=O) groups excluding carboxylic acids is 1. The topological polar surface area (TPSA) is 73.3 Å². The maximum Gasteiger partial charge on any atom is 0.414 e. The molecule has 21 heavy (non-hydrogen) atoms. The second-order valence-electron chi connectivity index (χ2n) is 4.05. The van der Waals surface area contributed by atoms with Gasteiger partial charge in [-0.15, -0.1) is 11.6 Å². The molecule has 6 nitrogen and oxygen atoms in total. The highest BCUT2D eigenvalue weighted by molar-refractivity contribution is 6.16. The van der Waals surface area contributed by atoms with Gasteiger partial charge in [-0.1, -0.05) is 30.3 Å². The molecule has 0 saturated carbocycles. The fourth-order valence-corrected chi connectivity index (χ4v) is 1.69. The third-order valence-corrected chi connectivity index (χ3v) is 2.80. The maximum atomic E-state index is 11.7. The van der Waals surface area contributed by atoms with Crippen molar-refractivity contribution in [3.63, 3.8) is 0 Å². The molecular weight excluding hydrogens is 294 g/mol. The van der Waals surface area contributed by atoms with E-state index in [1.807, 2.05) is 30.3 Å². The van der Waals surface area contributed by atoms with Crippen molar-refractivity contribution in [2.75, 3.05) is 12.4 Å². The first kappa shape index (κ1) is 15.1. The Labute approximate surface area is 127 Å². The summed E-state index contributed by atoms with van der Waals surface area (Å²) >= 11 is 5.72. The lowest BCUT2D eigenvalue weighted by atomic mass is 10.2. The fraction of sp³-hybridized carbons (Fsp3) is 0.214. The van der Waals surface area contributed by atoms with E-state index < -0.39 is 6.09 Å². The highest BCUT2D eigenvalue weighted by Gasteiger charge is 2.09. The average Bonchev–Trinajstić information content (AvgIpc) is 2.53. The van der Waals surface area contributed by atoms with Crippen LogP contribution >= 0.6 is 11.6 Å². The minimum absolute atomic E-state index is 0.0862. The molecule has 0 fully saturated rings. The predicted octanol–water partition coefficient (Wildman–Crippen LogP) is 2.97. The Hall–Kier alpha value is -2.34. The zero-order valence-corrected chi connectivity index (χ0v) is 12.1. The van der Waals surface area contributed by atoms with E-state index >= 15 is 0 Å². The number of nitrogens with one attached hydrogen (secondary N) is 1. The van der Waals surface area contributed by atoms with Crippen molar-refractivity contribution in [3.05, 3.63) is 47.7 Å². The molecule has 1 aromatic carbocycles. The minimum atomic E-state index is -0.646. The van der Waals surface area contributed by atoms with E-state index in [0.717, 1.165) is 5.56 Å². The van der Waals surface area contributed by atoms with Gasteiger partial charge in [0.05, 0.1) is 18.7 Å². The Bertz CT molecular complexity index is 585.